The Morgan fingerprint density at radius 3 is 2.44 bits per heavy atom. The summed E-state index contributed by atoms with van der Waals surface area (Å²) in [4.78, 5) is 0. The summed E-state index contributed by atoms with van der Waals surface area (Å²) in [7, 11) is 1.77. The van der Waals surface area contributed by atoms with Crippen LogP contribution in [0.25, 0.3) is 0 Å². The molecular formula is C29H50O3. The molecule has 1 spiro atoms. The number of hydrogen-bond acceptors (Lipinski definition) is 3. The second-order valence-corrected chi connectivity index (χ2v) is 13.7. The Hall–Kier alpha value is -0.120. The molecule has 3 nitrogen and oxygen atoms in total. The van der Waals surface area contributed by atoms with Gasteiger partial charge in [0.05, 0.1) is 6.10 Å². The zero-order valence-corrected chi connectivity index (χ0v) is 21.8. The van der Waals surface area contributed by atoms with Crippen molar-refractivity contribution in [2.45, 2.75) is 129 Å². The quantitative estimate of drug-likeness (QED) is 0.479. The van der Waals surface area contributed by atoms with E-state index in [1.165, 1.54) is 51.4 Å². The van der Waals surface area contributed by atoms with E-state index in [2.05, 4.69) is 34.6 Å². The maximum Gasteiger partial charge on any atom is 0.171 e. The summed E-state index contributed by atoms with van der Waals surface area (Å²) in [6.07, 6.45) is 14.4. The highest BCUT2D eigenvalue weighted by molar-refractivity contribution is 5.20. The molecule has 0 unspecified atom stereocenters. The molecule has 0 aromatic rings. The molecule has 2 heterocycles. The van der Waals surface area contributed by atoms with Gasteiger partial charge in [-0.25, -0.2) is 0 Å². The lowest BCUT2D eigenvalue weighted by Crippen LogP contribution is -2.65. The van der Waals surface area contributed by atoms with Crippen molar-refractivity contribution < 1.29 is 14.6 Å². The van der Waals surface area contributed by atoms with Crippen LogP contribution in [0.3, 0.4) is 0 Å². The molecule has 0 radical (unpaired) electrons. The van der Waals surface area contributed by atoms with Crippen LogP contribution in [0.5, 0.6) is 0 Å². The van der Waals surface area contributed by atoms with E-state index in [1.54, 1.807) is 7.11 Å². The molecule has 184 valence electrons. The maximum atomic E-state index is 11.3. The molecule has 5 fully saturated rings. The lowest BCUT2D eigenvalue weighted by molar-refractivity contribution is -0.331. The molecule has 3 saturated carbocycles. The van der Waals surface area contributed by atoms with Gasteiger partial charge >= 0.3 is 0 Å². The smallest absolute Gasteiger partial charge is 0.171 e. The van der Waals surface area contributed by atoms with Gasteiger partial charge in [0, 0.05) is 25.4 Å². The number of aliphatic hydroxyl groups excluding tert-OH is 1. The first-order valence-corrected chi connectivity index (χ1v) is 14.0. The summed E-state index contributed by atoms with van der Waals surface area (Å²) in [5.74, 6) is 4.48. The molecule has 3 aliphatic carbocycles. The van der Waals surface area contributed by atoms with Crippen LogP contribution in [0.1, 0.15) is 112 Å². The molecule has 2 bridgehead atoms. The second kappa shape index (κ2) is 7.95. The Bertz CT molecular complexity index is 707. The van der Waals surface area contributed by atoms with Crippen molar-refractivity contribution in [2.75, 3.05) is 7.11 Å². The van der Waals surface area contributed by atoms with Crippen molar-refractivity contribution >= 4 is 0 Å². The minimum Gasteiger partial charge on any atom is -0.390 e. The van der Waals surface area contributed by atoms with Crippen molar-refractivity contribution in [3.05, 3.63) is 0 Å². The summed E-state index contributed by atoms with van der Waals surface area (Å²) >= 11 is 0. The zero-order chi connectivity index (χ0) is 22.9. The molecule has 5 aliphatic rings. The number of methoxy groups -OCH3 is 1. The van der Waals surface area contributed by atoms with Gasteiger partial charge in [0.15, 0.2) is 5.79 Å². The lowest BCUT2D eigenvalue weighted by Gasteiger charge is -2.65. The third kappa shape index (κ3) is 3.15. The van der Waals surface area contributed by atoms with Crippen LogP contribution < -0.4 is 0 Å². The summed E-state index contributed by atoms with van der Waals surface area (Å²) in [5.41, 5.74) is 0.244. The predicted molar refractivity (Wildman–Crippen MR) is 129 cm³/mol. The predicted octanol–water partition coefficient (Wildman–Crippen LogP) is 6.96. The van der Waals surface area contributed by atoms with Crippen molar-refractivity contribution in [3.8, 4) is 0 Å². The van der Waals surface area contributed by atoms with Crippen LogP contribution in [0.4, 0.5) is 0 Å². The van der Waals surface area contributed by atoms with Gasteiger partial charge in [-0.1, -0.05) is 53.9 Å². The fourth-order valence-corrected chi connectivity index (χ4v) is 10.3. The van der Waals surface area contributed by atoms with E-state index in [9.17, 15) is 5.11 Å². The van der Waals surface area contributed by atoms with Gasteiger partial charge < -0.3 is 14.6 Å². The normalized spacial score (nSPS) is 53.1. The molecule has 2 saturated heterocycles. The van der Waals surface area contributed by atoms with E-state index in [4.69, 9.17) is 9.47 Å². The fraction of sp³-hybridized carbons (Fsp3) is 1.00. The third-order valence-corrected chi connectivity index (χ3v) is 12.1. The van der Waals surface area contributed by atoms with E-state index >= 15 is 0 Å². The number of hydrogen-bond donors (Lipinski definition) is 1. The van der Waals surface area contributed by atoms with Gasteiger partial charge in [-0.3, -0.25) is 0 Å². The molecule has 32 heavy (non-hydrogen) atoms. The van der Waals surface area contributed by atoms with Gasteiger partial charge in [0.2, 0.25) is 0 Å². The topological polar surface area (TPSA) is 38.7 Å². The van der Waals surface area contributed by atoms with Crippen molar-refractivity contribution in [1.29, 1.82) is 0 Å². The van der Waals surface area contributed by atoms with Crippen LogP contribution in [-0.2, 0) is 9.47 Å². The second-order valence-electron chi connectivity index (χ2n) is 13.7. The molecule has 0 aromatic heterocycles. The Kier molecular flexibility index (Phi) is 5.87. The maximum absolute atomic E-state index is 11.3. The van der Waals surface area contributed by atoms with Gasteiger partial charge in [-0.2, -0.15) is 0 Å². The third-order valence-electron chi connectivity index (χ3n) is 12.1. The Balaban J connectivity index is 1.35. The molecule has 1 N–H and O–H groups in total. The van der Waals surface area contributed by atoms with Crippen LogP contribution in [0.15, 0.2) is 0 Å². The van der Waals surface area contributed by atoms with Crippen LogP contribution >= 0.6 is 0 Å². The highest BCUT2D eigenvalue weighted by Gasteiger charge is 2.73. The molecule has 0 aromatic carbocycles. The highest BCUT2D eigenvalue weighted by atomic mass is 16.7. The van der Waals surface area contributed by atoms with Crippen molar-refractivity contribution in [2.24, 2.45) is 46.3 Å². The minimum atomic E-state index is -0.529. The summed E-state index contributed by atoms with van der Waals surface area (Å²) in [5, 5.41) is 11.3. The number of aliphatic hydroxyl groups is 1. The van der Waals surface area contributed by atoms with Crippen LogP contribution in [0.2, 0.25) is 0 Å². The van der Waals surface area contributed by atoms with E-state index < -0.39 is 5.79 Å². The van der Waals surface area contributed by atoms with Gasteiger partial charge in [0.1, 0.15) is 5.60 Å². The molecule has 3 heteroatoms. The largest absolute Gasteiger partial charge is 0.390 e. The van der Waals surface area contributed by atoms with E-state index in [0.717, 1.165) is 48.9 Å². The molecular weight excluding hydrogens is 396 g/mol. The highest BCUT2D eigenvalue weighted by Crippen LogP contribution is 2.72. The van der Waals surface area contributed by atoms with Crippen LogP contribution in [0, 0.1) is 46.3 Å². The van der Waals surface area contributed by atoms with Gasteiger partial charge in [-0.05, 0) is 85.9 Å². The first kappa shape index (κ1) is 23.6. The molecule has 0 amide bonds. The summed E-state index contributed by atoms with van der Waals surface area (Å²) in [6, 6.07) is 0. The standard InChI is InChI=1S/C29H50O3/c1-19(2)8-7-9-20(3)22-10-11-23-21-12-15-29-25(30)18-28(31-6,32-29)17-16-27(29,5)24(21)13-14-26(22,23)4/h19-25,30H,7-18H2,1-6H3/t20-,21+,22-,23+,24+,25+,26-,27-,28+,29+/m1/s1. The minimum absolute atomic E-state index is 0.0934. The van der Waals surface area contributed by atoms with E-state index in [-0.39, 0.29) is 17.1 Å². The Labute approximate surface area is 197 Å². The van der Waals surface area contributed by atoms with Crippen molar-refractivity contribution in [3.63, 3.8) is 0 Å². The van der Waals surface area contributed by atoms with E-state index in [0.29, 0.717) is 17.8 Å². The van der Waals surface area contributed by atoms with Gasteiger partial charge in [-0.15, -0.1) is 0 Å². The molecule has 5 rings (SSSR count). The fourth-order valence-electron chi connectivity index (χ4n) is 10.3. The average Bonchev–Trinajstić information content (AvgIpc) is 3.22. The number of ether oxygens (including phenoxy) is 2. The zero-order valence-electron chi connectivity index (χ0n) is 21.8. The van der Waals surface area contributed by atoms with Gasteiger partial charge in [0.25, 0.3) is 0 Å². The molecule has 10 atom stereocenters. The first-order valence-electron chi connectivity index (χ1n) is 14.0. The lowest BCUT2D eigenvalue weighted by atomic mass is 9.44. The first-order chi connectivity index (χ1) is 15.1. The average molecular weight is 447 g/mol. The Morgan fingerprint density at radius 2 is 1.72 bits per heavy atom. The van der Waals surface area contributed by atoms with Crippen molar-refractivity contribution in [1.82, 2.24) is 0 Å². The Morgan fingerprint density at radius 1 is 0.938 bits per heavy atom. The monoisotopic (exact) mass is 446 g/mol. The number of fused-ring (bicyclic) bond motifs is 5. The SMILES string of the molecule is CO[C@@]12CC[C@]3(C)[C@H]4CC[C@]5(C)[C@@H]([C@H](C)CCCC(C)C)CC[C@H]5[C@@H]4CC[C@]3(O1)[C@@H](O)C2. The van der Waals surface area contributed by atoms with E-state index in [1.807, 2.05) is 0 Å². The van der Waals surface area contributed by atoms with Crippen LogP contribution in [-0.4, -0.2) is 29.7 Å². The summed E-state index contributed by atoms with van der Waals surface area (Å²) in [6.45, 7) is 12.5. The number of rotatable bonds is 6. The summed E-state index contributed by atoms with van der Waals surface area (Å²) < 4.78 is 12.6. The molecule has 2 aliphatic heterocycles.